The highest BCUT2D eigenvalue weighted by Gasteiger charge is 2.32. The van der Waals surface area contributed by atoms with Gasteiger partial charge in [-0.15, -0.1) is 0 Å². The molecule has 2 heterocycles. The van der Waals surface area contributed by atoms with Crippen LogP contribution in [0.3, 0.4) is 0 Å². The van der Waals surface area contributed by atoms with E-state index in [1.807, 2.05) is 20.9 Å². The van der Waals surface area contributed by atoms with Gasteiger partial charge in [0, 0.05) is 25.8 Å². The van der Waals surface area contributed by atoms with Gasteiger partial charge in [0.05, 0.1) is 17.3 Å². The Kier molecular flexibility index (Phi) is 4.50. The average molecular weight is 294 g/mol. The van der Waals surface area contributed by atoms with Crippen molar-refractivity contribution in [1.29, 1.82) is 0 Å². The topological polar surface area (TPSA) is 87.5 Å². The van der Waals surface area contributed by atoms with Crippen molar-refractivity contribution < 1.29 is 14.7 Å². The van der Waals surface area contributed by atoms with Crippen LogP contribution in [-0.2, 0) is 18.3 Å². The Hall–Kier alpha value is -2.05. The lowest BCUT2D eigenvalue weighted by Crippen LogP contribution is -2.47. The van der Waals surface area contributed by atoms with Crippen LogP contribution in [0.1, 0.15) is 32.4 Å². The lowest BCUT2D eigenvalue weighted by atomic mass is 9.92. The molecule has 1 aliphatic rings. The predicted molar refractivity (Wildman–Crippen MR) is 78.1 cm³/mol. The number of nitrogens with zero attached hydrogens (tertiary/aromatic N) is 3. The van der Waals surface area contributed by atoms with Crippen LogP contribution in [0.15, 0.2) is 6.20 Å². The minimum atomic E-state index is -0.776. The SMILES string of the molecule is CCc1nn(C)cc1NC(=O)N1CCC(C(=O)O)CC1C. The molecule has 0 spiro atoms. The number of urea groups is 1. The maximum atomic E-state index is 12.4. The van der Waals surface area contributed by atoms with Crippen LogP contribution >= 0.6 is 0 Å². The van der Waals surface area contributed by atoms with Crippen molar-refractivity contribution in [2.75, 3.05) is 11.9 Å². The van der Waals surface area contributed by atoms with Gasteiger partial charge in [0.2, 0.25) is 0 Å². The third kappa shape index (κ3) is 3.34. The van der Waals surface area contributed by atoms with Crippen molar-refractivity contribution >= 4 is 17.7 Å². The monoisotopic (exact) mass is 294 g/mol. The minimum absolute atomic E-state index is 0.0819. The zero-order valence-electron chi connectivity index (χ0n) is 12.7. The van der Waals surface area contributed by atoms with Gasteiger partial charge in [-0.2, -0.15) is 5.10 Å². The first kappa shape index (κ1) is 15.3. The van der Waals surface area contributed by atoms with E-state index in [1.165, 1.54) is 0 Å². The maximum Gasteiger partial charge on any atom is 0.322 e. The molecule has 0 saturated carbocycles. The Labute approximate surface area is 123 Å². The van der Waals surface area contributed by atoms with Crippen LogP contribution in [-0.4, -0.2) is 44.4 Å². The van der Waals surface area contributed by atoms with Crippen molar-refractivity contribution in [3.05, 3.63) is 11.9 Å². The third-order valence-corrected chi connectivity index (χ3v) is 3.97. The van der Waals surface area contributed by atoms with E-state index in [2.05, 4.69) is 10.4 Å². The summed E-state index contributed by atoms with van der Waals surface area (Å²) in [4.78, 5) is 25.1. The number of carbonyl (C=O) groups excluding carboxylic acids is 1. The molecule has 0 bridgehead atoms. The predicted octanol–water partition coefficient (Wildman–Crippen LogP) is 1.70. The highest BCUT2D eigenvalue weighted by atomic mass is 16.4. The highest BCUT2D eigenvalue weighted by molar-refractivity contribution is 5.90. The van der Waals surface area contributed by atoms with Crippen LogP contribution in [0, 0.1) is 5.92 Å². The summed E-state index contributed by atoms with van der Waals surface area (Å²) in [5.74, 6) is -1.13. The first-order valence-electron chi connectivity index (χ1n) is 7.25. The van der Waals surface area contributed by atoms with E-state index >= 15 is 0 Å². The molecule has 2 atom stereocenters. The maximum absolute atomic E-state index is 12.4. The average Bonchev–Trinajstić information content (AvgIpc) is 2.78. The van der Waals surface area contributed by atoms with Gasteiger partial charge in [-0.3, -0.25) is 9.48 Å². The van der Waals surface area contributed by atoms with E-state index in [1.54, 1.807) is 15.8 Å². The van der Waals surface area contributed by atoms with Crippen LogP contribution in [0.2, 0.25) is 0 Å². The molecule has 0 aromatic carbocycles. The van der Waals surface area contributed by atoms with E-state index < -0.39 is 5.97 Å². The lowest BCUT2D eigenvalue weighted by Gasteiger charge is -2.36. The standard InChI is InChI=1S/C14H22N4O3/c1-4-11-12(8-17(3)16-11)15-14(21)18-6-5-10(13(19)20)7-9(18)2/h8-10H,4-7H2,1-3H3,(H,15,21)(H,19,20). The summed E-state index contributed by atoms with van der Waals surface area (Å²) in [7, 11) is 1.82. The Morgan fingerprint density at radius 3 is 2.81 bits per heavy atom. The Morgan fingerprint density at radius 2 is 2.24 bits per heavy atom. The highest BCUT2D eigenvalue weighted by Crippen LogP contribution is 2.24. The van der Waals surface area contributed by atoms with Gasteiger partial charge in [-0.1, -0.05) is 6.92 Å². The van der Waals surface area contributed by atoms with Gasteiger partial charge in [0.25, 0.3) is 0 Å². The van der Waals surface area contributed by atoms with Gasteiger partial charge < -0.3 is 15.3 Å². The quantitative estimate of drug-likeness (QED) is 0.888. The van der Waals surface area contributed by atoms with E-state index in [4.69, 9.17) is 5.11 Å². The first-order chi connectivity index (χ1) is 9.92. The summed E-state index contributed by atoms with van der Waals surface area (Å²) >= 11 is 0. The fraction of sp³-hybridized carbons (Fsp3) is 0.643. The second kappa shape index (κ2) is 6.15. The van der Waals surface area contributed by atoms with Gasteiger partial charge in [-0.25, -0.2) is 4.79 Å². The van der Waals surface area contributed by atoms with Crippen molar-refractivity contribution in [3.8, 4) is 0 Å². The minimum Gasteiger partial charge on any atom is -0.481 e. The second-order valence-corrected chi connectivity index (χ2v) is 5.55. The van der Waals surface area contributed by atoms with Crippen LogP contribution in [0.5, 0.6) is 0 Å². The molecule has 1 fully saturated rings. The fourth-order valence-electron chi connectivity index (χ4n) is 2.79. The number of rotatable bonds is 3. The number of aromatic nitrogens is 2. The van der Waals surface area contributed by atoms with Crippen LogP contribution in [0.25, 0.3) is 0 Å². The van der Waals surface area contributed by atoms with Crippen molar-refractivity contribution in [1.82, 2.24) is 14.7 Å². The van der Waals surface area contributed by atoms with Gasteiger partial charge in [0.1, 0.15) is 0 Å². The van der Waals surface area contributed by atoms with E-state index in [-0.39, 0.29) is 18.0 Å². The van der Waals surface area contributed by atoms with Crippen LogP contribution < -0.4 is 5.32 Å². The van der Waals surface area contributed by atoms with Crippen molar-refractivity contribution in [3.63, 3.8) is 0 Å². The number of aryl methyl sites for hydroxylation is 2. The number of carboxylic acids is 1. The van der Waals surface area contributed by atoms with Gasteiger partial charge in [-0.05, 0) is 26.2 Å². The number of hydrogen-bond acceptors (Lipinski definition) is 3. The number of aliphatic carboxylic acids is 1. The molecule has 1 aromatic heterocycles. The number of anilines is 1. The van der Waals surface area contributed by atoms with E-state index in [9.17, 15) is 9.59 Å². The molecule has 1 aromatic rings. The third-order valence-electron chi connectivity index (χ3n) is 3.97. The van der Waals surface area contributed by atoms with Crippen LogP contribution in [0.4, 0.5) is 10.5 Å². The molecule has 2 amide bonds. The number of likely N-dealkylation sites (tertiary alicyclic amines) is 1. The Morgan fingerprint density at radius 1 is 1.52 bits per heavy atom. The van der Waals surface area contributed by atoms with Gasteiger partial charge >= 0.3 is 12.0 Å². The second-order valence-electron chi connectivity index (χ2n) is 5.55. The Bertz CT molecular complexity index is 540. The van der Waals surface area contributed by atoms with Gasteiger partial charge in [0.15, 0.2) is 0 Å². The molecule has 7 nitrogen and oxygen atoms in total. The first-order valence-corrected chi connectivity index (χ1v) is 7.25. The smallest absolute Gasteiger partial charge is 0.322 e. The summed E-state index contributed by atoms with van der Waals surface area (Å²) in [5.41, 5.74) is 1.57. The molecule has 0 aliphatic carbocycles. The molecule has 2 unspecified atom stereocenters. The normalized spacial score (nSPS) is 22.1. The van der Waals surface area contributed by atoms with Crippen molar-refractivity contribution in [2.45, 2.75) is 39.2 Å². The number of piperidine rings is 1. The summed E-state index contributed by atoms with van der Waals surface area (Å²) < 4.78 is 1.68. The zero-order valence-corrected chi connectivity index (χ0v) is 12.7. The molecule has 0 radical (unpaired) electrons. The molecule has 7 heteroatoms. The largest absolute Gasteiger partial charge is 0.481 e. The summed E-state index contributed by atoms with van der Waals surface area (Å²) in [6, 6.07) is -0.268. The lowest BCUT2D eigenvalue weighted by molar-refractivity contribution is -0.143. The molecular weight excluding hydrogens is 272 g/mol. The number of amides is 2. The number of carboxylic acid groups (broad SMARTS) is 1. The summed E-state index contributed by atoms with van der Waals surface area (Å²) in [5, 5.41) is 16.2. The number of hydrogen-bond donors (Lipinski definition) is 2. The van der Waals surface area contributed by atoms with E-state index in [0.29, 0.717) is 19.4 Å². The summed E-state index contributed by atoms with van der Waals surface area (Å²) in [6.45, 7) is 4.34. The molecule has 2 rings (SSSR count). The molecule has 1 saturated heterocycles. The zero-order chi connectivity index (χ0) is 15.6. The Balaban J connectivity index is 2.02. The molecule has 2 N–H and O–H groups in total. The fourth-order valence-corrected chi connectivity index (χ4v) is 2.79. The molecule has 21 heavy (non-hydrogen) atoms. The molecule has 1 aliphatic heterocycles. The van der Waals surface area contributed by atoms with E-state index in [0.717, 1.165) is 17.8 Å². The summed E-state index contributed by atoms with van der Waals surface area (Å²) in [6.07, 6.45) is 3.52. The van der Waals surface area contributed by atoms with Crippen molar-refractivity contribution in [2.24, 2.45) is 13.0 Å². The number of nitrogens with one attached hydrogen (secondary N) is 1. The number of carbonyl (C=O) groups is 2. The molecule has 116 valence electrons. The molecular formula is C14H22N4O3.